The van der Waals surface area contributed by atoms with Crippen LogP contribution in [0.1, 0.15) is 25.8 Å². The van der Waals surface area contributed by atoms with Crippen LogP contribution in [0.3, 0.4) is 0 Å². The molecule has 1 unspecified atom stereocenters. The molecule has 0 aliphatic carbocycles. The standard InChI is InChI=1S/C14H20N4O3/c1-3-21-13(20)14(2,16-8-5-9-17-18-15)11-6-4-7-12(19)10-11/h4,6-7,10,16,19H,3,5,8-9H2,1-2H3. The second kappa shape index (κ2) is 8.14. The summed E-state index contributed by atoms with van der Waals surface area (Å²) in [5.41, 5.74) is 7.78. The lowest BCUT2D eigenvalue weighted by atomic mass is 9.91. The Morgan fingerprint density at radius 2 is 2.33 bits per heavy atom. The molecule has 21 heavy (non-hydrogen) atoms. The summed E-state index contributed by atoms with van der Waals surface area (Å²) in [6, 6.07) is 6.48. The number of benzene rings is 1. The van der Waals surface area contributed by atoms with E-state index in [2.05, 4.69) is 15.3 Å². The van der Waals surface area contributed by atoms with E-state index in [-0.39, 0.29) is 12.4 Å². The number of hydrogen-bond donors (Lipinski definition) is 2. The monoisotopic (exact) mass is 292 g/mol. The van der Waals surface area contributed by atoms with Crippen molar-refractivity contribution in [1.82, 2.24) is 5.32 Å². The summed E-state index contributed by atoms with van der Waals surface area (Å²) in [7, 11) is 0. The molecule has 114 valence electrons. The number of carbonyl (C=O) groups excluding carboxylic acids is 1. The van der Waals surface area contributed by atoms with Crippen LogP contribution in [0.5, 0.6) is 5.75 Å². The Kier molecular flexibility index (Phi) is 6.52. The van der Waals surface area contributed by atoms with Crippen molar-refractivity contribution < 1.29 is 14.6 Å². The van der Waals surface area contributed by atoms with Gasteiger partial charge in [-0.15, -0.1) is 0 Å². The number of nitrogens with one attached hydrogen (secondary N) is 1. The summed E-state index contributed by atoms with van der Waals surface area (Å²) in [4.78, 5) is 14.9. The summed E-state index contributed by atoms with van der Waals surface area (Å²) in [5, 5.41) is 16.2. The minimum Gasteiger partial charge on any atom is -0.508 e. The van der Waals surface area contributed by atoms with Crippen molar-refractivity contribution in [3.05, 3.63) is 40.3 Å². The molecular weight excluding hydrogens is 272 g/mol. The van der Waals surface area contributed by atoms with E-state index in [1.54, 1.807) is 26.0 Å². The van der Waals surface area contributed by atoms with Crippen molar-refractivity contribution in [3.8, 4) is 5.75 Å². The van der Waals surface area contributed by atoms with Crippen LogP contribution in [0.2, 0.25) is 0 Å². The Balaban J connectivity index is 2.89. The summed E-state index contributed by atoms with van der Waals surface area (Å²) in [6.45, 7) is 4.54. The first-order chi connectivity index (χ1) is 10.0. The molecule has 0 bridgehead atoms. The van der Waals surface area contributed by atoms with Gasteiger partial charge >= 0.3 is 5.97 Å². The maximum absolute atomic E-state index is 12.2. The minimum atomic E-state index is -1.06. The fourth-order valence-corrected chi connectivity index (χ4v) is 1.92. The molecule has 7 nitrogen and oxygen atoms in total. The number of ether oxygens (including phenoxy) is 1. The van der Waals surface area contributed by atoms with Crippen LogP contribution in [0.4, 0.5) is 0 Å². The first-order valence-corrected chi connectivity index (χ1v) is 6.77. The SMILES string of the molecule is CCOC(=O)C(C)(NCCCN=[N+]=[N-])c1cccc(O)c1. The zero-order chi connectivity index (χ0) is 15.7. The second-order valence-corrected chi connectivity index (χ2v) is 4.63. The van der Waals surface area contributed by atoms with Crippen molar-refractivity contribution in [2.45, 2.75) is 25.8 Å². The molecule has 0 aliphatic rings. The van der Waals surface area contributed by atoms with Gasteiger partial charge in [-0.25, -0.2) is 4.79 Å². The van der Waals surface area contributed by atoms with Crippen LogP contribution in [-0.2, 0) is 15.1 Å². The molecule has 7 heteroatoms. The molecule has 0 saturated carbocycles. The van der Waals surface area contributed by atoms with E-state index in [9.17, 15) is 9.90 Å². The highest BCUT2D eigenvalue weighted by Gasteiger charge is 2.36. The van der Waals surface area contributed by atoms with Crippen LogP contribution < -0.4 is 5.32 Å². The fraction of sp³-hybridized carbons (Fsp3) is 0.500. The van der Waals surface area contributed by atoms with Gasteiger partial charge in [-0.1, -0.05) is 17.2 Å². The third kappa shape index (κ3) is 4.66. The molecule has 1 aromatic rings. The maximum atomic E-state index is 12.2. The van der Waals surface area contributed by atoms with Crippen molar-refractivity contribution in [1.29, 1.82) is 0 Å². The molecule has 1 rings (SSSR count). The van der Waals surface area contributed by atoms with Crippen molar-refractivity contribution in [3.63, 3.8) is 0 Å². The van der Waals surface area contributed by atoms with Gasteiger partial charge in [0.1, 0.15) is 11.3 Å². The Hall–Kier alpha value is -2.24. The van der Waals surface area contributed by atoms with Crippen LogP contribution >= 0.6 is 0 Å². The van der Waals surface area contributed by atoms with Crippen molar-refractivity contribution in [2.24, 2.45) is 5.11 Å². The van der Waals surface area contributed by atoms with E-state index >= 15 is 0 Å². The molecular formula is C14H20N4O3. The predicted molar refractivity (Wildman–Crippen MR) is 78.7 cm³/mol. The van der Waals surface area contributed by atoms with Crippen LogP contribution in [0.15, 0.2) is 29.4 Å². The van der Waals surface area contributed by atoms with E-state index in [0.717, 1.165) is 0 Å². The highest BCUT2D eigenvalue weighted by atomic mass is 16.5. The average molecular weight is 292 g/mol. The van der Waals surface area contributed by atoms with Gasteiger partial charge in [0.05, 0.1) is 6.61 Å². The zero-order valence-corrected chi connectivity index (χ0v) is 12.2. The molecule has 1 atom stereocenters. The number of phenolic OH excluding ortho intramolecular Hbond substituents is 1. The van der Waals surface area contributed by atoms with Gasteiger partial charge in [-0.3, -0.25) is 5.32 Å². The highest BCUT2D eigenvalue weighted by Crippen LogP contribution is 2.25. The number of carbonyl (C=O) groups is 1. The van der Waals surface area contributed by atoms with Gasteiger partial charge in [0.25, 0.3) is 0 Å². The van der Waals surface area contributed by atoms with Crippen LogP contribution in [0, 0.1) is 0 Å². The molecule has 0 saturated heterocycles. The maximum Gasteiger partial charge on any atom is 0.330 e. The first-order valence-electron chi connectivity index (χ1n) is 6.77. The number of nitrogens with zero attached hydrogens (tertiary/aromatic N) is 3. The topological polar surface area (TPSA) is 107 Å². The molecule has 0 aromatic heterocycles. The number of phenols is 1. The molecule has 0 radical (unpaired) electrons. The Bertz CT molecular complexity index is 529. The Morgan fingerprint density at radius 3 is 2.95 bits per heavy atom. The molecule has 0 spiro atoms. The highest BCUT2D eigenvalue weighted by molar-refractivity contribution is 5.82. The van der Waals surface area contributed by atoms with Gasteiger partial charge in [0.2, 0.25) is 0 Å². The van der Waals surface area contributed by atoms with Gasteiger partial charge in [0, 0.05) is 11.5 Å². The quantitative estimate of drug-likeness (QED) is 0.252. The molecule has 0 amide bonds. The second-order valence-electron chi connectivity index (χ2n) is 4.63. The molecule has 1 aromatic carbocycles. The van der Waals surface area contributed by atoms with Gasteiger partial charge in [-0.05, 0) is 50.0 Å². The summed E-state index contributed by atoms with van der Waals surface area (Å²) < 4.78 is 5.11. The molecule has 2 N–H and O–H groups in total. The van der Waals surface area contributed by atoms with Crippen molar-refractivity contribution >= 4 is 5.97 Å². The number of hydrogen-bond acceptors (Lipinski definition) is 5. The van der Waals surface area contributed by atoms with Crippen LogP contribution in [0.25, 0.3) is 10.4 Å². The van der Waals surface area contributed by atoms with Gasteiger partial charge < -0.3 is 9.84 Å². The third-order valence-corrected chi connectivity index (χ3v) is 3.08. The summed E-state index contributed by atoms with van der Waals surface area (Å²) in [5.74, 6) is -0.335. The minimum absolute atomic E-state index is 0.0823. The lowest BCUT2D eigenvalue weighted by Crippen LogP contribution is -2.48. The van der Waals surface area contributed by atoms with E-state index in [4.69, 9.17) is 10.3 Å². The predicted octanol–water partition coefficient (Wildman–Crippen LogP) is 2.46. The Morgan fingerprint density at radius 1 is 1.57 bits per heavy atom. The van der Waals surface area contributed by atoms with Gasteiger partial charge in [0.15, 0.2) is 0 Å². The number of rotatable bonds is 8. The lowest BCUT2D eigenvalue weighted by molar-refractivity contribution is -0.151. The van der Waals surface area contributed by atoms with E-state index in [1.807, 2.05) is 0 Å². The first kappa shape index (κ1) is 16.8. The average Bonchev–Trinajstić information content (AvgIpc) is 2.47. The summed E-state index contributed by atoms with van der Waals surface area (Å²) in [6.07, 6.45) is 0.595. The molecule has 0 fully saturated rings. The Labute approximate surface area is 123 Å². The smallest absolute Gasteiger partial charge is 0.330 e. The zero-order valence-electron chi connectivity index (χ0n) is 12.2. The molecule has 0 aliphatic heterocycles. The molecule has 0 heterocycles. The van der Waals surface area contributed by atoms with Gasteiger partial charge in [-0.2, -0.15) is 0 Å². The lowest BCUT2D eigenvalue weighted by Gasteiger charge is -2.29. The normalized spacial score (nSPS) is 13.0. The number of aromatic hydroxyl groups is 1. The van der Waals surface area contributed by atoms with Crippen molar-refractivity contribution in [2.75, 3.05) is 19.7 Å². The number of azide groups is 1. The third-order valence-electron chi connectivity index (χ3n) is 3.08. The van der Waals surface area contributed by atoms with E-state index in [0.29, 0.717) is 25.1 Å². The summed E-state index contributed by atoms with van der Waals surface area (Å²) >= 11 is 0. The van der Waals surface area contributed by atoms with E-state index in [1.165, 1.54) is 12.1 Å². The van der Waals surface area contributed by atoms with Crippen LogP contribution in [-0.4, -0.2) is 30.8 Å². The van der Waals surface area contributed by atoms with E-state index < -0.39 is 11.5 Å². The largest absolute Gasteiger partial charge is 0.508 e. The fourth-order valence-electron chi connectivity index (χ4n) is 1.92. The number of esters is 1.